The lowest BCUT2D eigenvalue weighted by atomic mass is 9.99. The zero-order chi connectivity index (χ0) is 12.1. The van der Waals surface area contributed by atoms with E-state index in [4.69, 9.17) is 0 Å². The van der Waals surface area contributed by atoms with Gasteiger partial charge in [0.05, 0.1) is 0 Å². The molecule has 0 N–H and O–H groups in total. The molecule has 0 aliphatic heterocycles. The monoisotopic (exact) mass is 222 g/mol. The van der Waals surface area contributed by atoms with Crippen molar-refractivity contribution in [3.05, 3.63) is 24.3 Å². The van der Waals surface area contributed by atoms with Crippen LogP contribution >= 0.6 is 0 Å². The smallest absolute Gasteiger partial charge is 0.0322 e. The van der Waals surface area contributed by atoms with Gasteiger partial charge in [0.2, 0.25) is 0 Å². The Morgan fingerprint density at radius 3 is 2.31 bits per heavy atom. The van der Waals surface area contributed by atoms with Gasteiger partial charge in [0.25, 0.3) is 0 Å². The Kier molecular flexibility index (Phi) is 12.1. The normalized spacial score (nSPS) is 13.9. The van der Waals surface area contributed by atoms with Crippen molar-refractivity contribution < 1.29 is 0 Å². The predicted octanol–water partition coefficient (Wildman–Crippen LogP) is 5.90. The fraction of sp³-hybridized carbons (Fsp3) is 0.750. The molecule has 0 amide bonds. The average molecular weight is 222 g/mol. The third kappa shape index (κ3) is 11.6. The number of unbranched alkanes of at least 4 members (excludes halogenated alkanes) is 4. The van der Waals surface area contributed by atoms with E-state index in [-0.39, 0.29) is 0 Å². The quantitative estimate of drug-likeness (QED) is 0.319. The molecule has 0 heteroatoms. The minimum atomic E-state index is 0.854. The van der Waals surface area contributed by atoms with Crippen LogP contribution in [0.3, 0.4) is 0 Å². The lowest BCUT2D eigenvalue weighted by Crippen LogP contribution is -1.92. The van der Waals surface area contributed by atoms with Crippen molar-refractivity contribution in [3.63, 3.8) is 0 Å². The third-order valence-corrected chi connectivity index (χ3v) is 2.93. The lowest BCUT2D eigenvalue weighted by molar-refractivity contribution is 0.494. The molecule has 0 heterocycles. The molecule has 94 valence electrons. The minimum absolute atomic E-state index is 0.854. The number of hydrogen-bond donors (Lipinski definition) is 0. The van der Waals surface area contributed by atoms with Crippen molar-refractivity contribution in [1.82, 2.24) is 0 Å². The predicted molar refractivity (Wildman–Crippen MR) is 75.7 cm³/mol. The van der Waals surface area contributed by atoms with E-state index in [9.17, 15) is 0 Å². The minimum Gasteiger partial charge on any atom is -0.0846 e. The van der Waals surface area contributed by atoms with Gasteiger partial charge in [-0.25, -0.2) is 0 Å². The summed E-state index contributed by atoms with van der Waals surface area (Å²) in [6, 6.07) is 0. The Morgan fingerprint density at radius 1 is 0.875 bits per heavy atom. The van der Waals surface area contributed by atoms with Gasteiger partial charge < -0.3 is 0 Å². The Balaban J connectivity index is 3.38. The highest BCUT2D eigenvalue weighted by molar-refractivity contribution is 5.02. The van der Waals surface area contributed by atoms with Gasteiger partial charge in [-0.15, -0.1) is 0 Å². The molecular weight excluding hydrogens is 192 g/mol. The third-order valence-electron chi connectivity index (χ3n) is 2.93. The molecule has 0 radical (unpaired) electrons. The Labute approximate surface area is 103 Å². The fourth-order valence-corrected chi connectivity index (χ4v) is 1.77. The van der Waals surface area contributed by atoms with Crippen molar-refractivity contribution in [1.29, 1.82) is 0 Å². The van der Waals surface area contributed by atoms with E-state index in [0.29, 0.717) is 0 Å². The first kappa shape index (κ1) is 15.5. The molecule has 1 atom stereocenters. The molecular formula is C16H30. The van der Waals surface area contributed by atoms with E-state index in [1.807, 2.05) is 0 Å². The first-order valence-corrected chi connectivity index (χ1v) is 7.12. The van der Waals surface area contributed by atoms with Gasteiger partial charge in [-0.3, -0.25) is 0 Å². The Hall–Kier alpha value is -0.520. The van der Waals surface area contributed by atoms with Crippen LogP contribution in [-0.4, -0.2) is 0 Å². The van der Waals surface area contributed by atoms with Gasteiger partial charge in [0.1, 0.15) is 0 Å². The van der Waals surface area contributed by atoms with Crippen LogP contribution in [0.25, 0.3) is 0 Å². The van der Waals surface area contributed by atoms with Crippen molar-refractivity contribution >= 4 is 0 Å². The standard InChI is InChI=1S/C16H30/c1-4-6-8-10-11-13-15-16(3)14-12-9-7-5-2/h8,10-11,13,16H,4-7,9,12,14-15H2,1-3H3. The van der Waals surface area contributed by atoms with Crippen molar-refractivity contribution in [2.45, 2.75) is 72.1 Å². The molecule has 1 unspecified atom stereocenters. The summed E-state index contributed by atoms with van der Waals surface area (Å²) in [5.41, 5.74) is 0. The SMILES string of the molecule is CCCC=CC=CCC(C)CCCCCC. The molecule has 0 rings (SSSR count). The summed E-state index contributed by atoms with van der Waals surface area (Å²) in [6.07, 6.45) is 19.6. The van der Waals surface area contributed by atoms with Gasteiger partial charge in [-0.05, 0) is 18.8 Å². The number of allylic oxidation sites excluding steroid dienone is 4. The van der Waals surface area contributed by atoms with Gasteiger partial charge in [-0.1, -0.05) is 83.6 Å². The maximum absolute atomic E-state index is 2.37. The molecule has 0 nitrogen and oxygen atoms in total. The van der Waals surface area contributed by atoms with Gasteiger partial charge in [-0.2, -0.15) is 0 Å². The van der Waals surface area contributed by atoms with Crippen molar-refractivity contribution in [3.8, 4) is 0 Å². The van der Waals surface area contributed by atoms with Gasteiger partial charge >= 0.3 is 0 Å². The highest BCUT2D eigenvalue weighted by Crippen LogP contribution is 2.14. The highest BCUT2D eigenvalue weighted by Gasteiger charge is 1.98. The van der Waals surface area contributed by atoms with E-state index in [0.717, 1.165) is 5.92 Å². The van der Waals surface area contributed by atoms with E-state index in [1.54, 1.807) is 0 Å². The largest absolute Gasteiger partial charge is 0.0846 e. The molecule has 0 saturated heterocycles. The fourth-order valence-electron chi connectivity index (χ4n) is 1.77. The number of hydrogen-bond acceptors (Lipinski definition) is 0. The zero-order valence-corrected chi connectivity index (χ0v) is 11.5. The molecule has 0 aliphatic carbocycles. The van der Waals surface area contributed by atoms with Crippen LogP contribution in [0.5, 0.6) is 0 Å². The Morgan fingerprint density at radius 2 is 1.62 bits per heavy atom. The molecule has 0 aromatic rings. The van der Waals surface area contributed by atoms with Crippen molar-refractivity contribution in [2.75, 3.05) is 0 Å². The first-order chi connectivity index (χ1) is 7.81. The second-order valence-corrected chi connectivity index (χ2v) is 4.84. The summed E-state index contributed by atoms with van der Waals surface area (Å²) < 4.78 is 0. The van der Waals surface area contributed by atoms with Crippen LogP contribution in [0, 0.1) is 5.92 Å². The van der Waals surface area contributed by atoms with Crippen LogP contribution in [0.1, 0.15) is 72.1 Å². The van der Waals surface area contributed by atoms with Crippen LogP contribution < -0.4 is 0 Å². The summed E-state index contributed by atoms with van der Waals surface area (Å²) in [6.45, 7) is 6.85. The molecule has 0 aromatic carbocycles. The second-order valence-electron chi connectivity index (χ2n) is 4.84. The summed E-state index contributed by atoms with van der Waals surface area (Å²) >= 11 is 0. The van der Waals surface area contributed by atoms with Crippen LogP contribution in [0.2, 0.25) is 0 Å². The maximum Gasteiger partial charge on any atom is -0.0322 e. The van der Waals surface area contributed by atoms with Crippen LogP contribution in [-0.2, 0) is 0 Å². The van der Waals surface area contributed by atoms with E-state index >= 15 is 0 Å². The van der Waals surface area contributed by atoms with Gasteiger partial charge in [0, 0.05) is 0 Å². The molecule has 0 aliphatic rings. The summed E-state index contributed by atoms with van der Waals surface area (Å²) in [7, 11) is 0. The molecule has 16 heavy (non-hydrogen) atoms. The average Bonchev–Trinajstić information content (AvgIpc) is 2.29. The molecule has 0 fully saturated rings. The zero-order valence-electron chi connectivity index (χ0n) is 11.5. The topological polar surface area (TPSA) is 0 Å². The maximum atomic E-state index is 2.37. The first-order valence-electron chi connectivity index (χ1n) is 7.12. The number of rotatable bonds is 10. The Bertz CT molecular complexity index is 176. The molecule has 0 spiro atoms. The summed E-state index contributed by atoms with van der Waals surface area (Å²) in [5, 5.41) is 0. The van der Waals surface area contributed by atoms with E-state index in [1.165, 1.54) is 51.4 Å². The van der Waals surface area contributed by atoms with Crippen molar-refractivity contribution in [2.24, 2.45) is 5.92 Å². The molecule has 0 saturated carbocycles. The second kappa shape index (κ2) is 12.5. The van der Waals surface area contributed by atoms with E-state index in [2.05, 4.69) is 45.1 Å². The summed E-state index contributed by atoms with van der Waals surface area (Å²) in [5.74, 6) is 0.854. The molecule has 0 aromatic heterocycles. The summed E-state index contributed by atoms with van der Waals surface area (Å²) in [4.78, 5) is 0. The van der Waals surface area contributed by atoms with E-state index < -0.39 is 0 Å². The highest BCUT2D eigenvalue weighted by atomic mass is 14.0. The van der Waals surface area contributed by atoms with Crippen LogP contribution in [0.4, 0.5) is 0 Å². The lowest BCUT2D eigenvalue weighted by Gasteiger charge is -2.07. The van der Waals surface area contributed by atoms with Crippen LogP contribution in [0.15, 0.2) is 24.3 Å². The van der Waals surface area contributed by atoms with Gasteiger partial charge in [0.15, 0.2) is 0 Å². The molecule has 0 bridgehead atoms.